The van der Waals surface area contributed by atoms with Gasteiger partial charge in [-0.2, -0.15) is 5.10 Å². The van der Waals surface area contributed by atoms with E-state index >= 15 is 0 Å². The van der Waals surface area contributed by atoms with Gasteiger partial charge in [0.2, 0.25) is 5.91 Å². The van der Waals surface area contributed by atoms with Crippen molar-refractivity contribution >= 4 is 11.8 Å². The number of hydrogen-bond donors (Lipinski definition) is 1. The summed E-state index contributed by atoms with van der Waals surface area (Å²) in [6.07, 6.45) is 5.56. The molecule has 4 rings (SSSR count). The first-order valence-electron chi connectivity index (χ1n) is 11.2. The fraction of sp³-hybridized carbons (Fsp3) is 0.360. The van der Waals surface area contributed by atoms with Crippen molar-refractivity contribution in [2.45, 2.75) is 45.1 Å². The van der Waals surface area contributed by atoms with Gasteiger partial charge < -0.3 is 10.2 Å². The summed E-state index contributed by atoms with van der Waals surface area (Å²) in [6.45, 7) is 5.22. The van der Waals surface area contributed by atoms with Crippen molar-refractivity contribution in [1.29, 1.82) is 0 Å². The Kier molecular flexibility index (Phi) is 6.63. The smallest absolute Gasteiger partial charge is 0.254 e. The molecule has 1 aliphatic rings. The van der Waals surface area contributed by atoms with Crippen molar-refractivity contribution in [3.05, 3.63) is 77.7 Å². The molecule has 3 aromatic rings. The van der Waals surface area contributed by atoms with Gasteiger partial charge in [-0.15, -0.1) is 0 Å². The Bertz CT molecular complexity index is 1060. The molecule has 1 unspecified atom stereocenters. The molecule has 0 bridgehead atoms. The number of carbonyl (C=O) groups is 2. The molecule has 0 spiro atoms. The largest absolute Gasteiger partial charge is 0.349 e. The summed E-state index contributed by atoms with van der Waals surface area (Å²) in [7, 11) is 0. The van der Waals surface area contributed by atoms with E-state index < -0.39 is 0 Å². The number of likely N-dealkylation sites (tertiary alicyclic amines) is 1. The zero-order valence-electron chi connectivity index (χ0n) is 18.6. The van der Waals surface area contributed by atoms with E-state index in [-0.39, 0.29) is 23.8 Å². The third-order valence-corrected chi connectivity index (χ3v) is 6.17. The lowest BCUT2D eigenvalue weighted by atomic mass is 9.93. The van der Waals surface area contributed by atoms with Crippen LogP contribution in [0.3, 0.4) is 0 Å². The second kappa shape index (κ2) is 9.77. The number of pyridine rings is 1. The van der Waals surface area contributed by atoms with E-state index in [0.717, 1.165) is 30.5 Å². The van der Waals surface area contributed by atoms with Gasteiger partial charge in [-0.1, -0.05) is 43.3 Å². The third-order valence-electron chi connectivity index (χ3n) is 6.17. The Labute approximate surface area is 188 Å². The van der Waals surface area contributed by atoms with Gasteiger partial charge in [-0.05, 0) is 43.9 Å². The van der Waals surface area contributed by atoms with Gasteiger partial charge in [-0.25, -0.2) is 9.67 Å². The van der Waals surface area contributed by atoms with Gasteiger partial charge in [0.1, 0.15) is 0 Å². The molecule has 0 radical (unpaired) electrons. The van der Waals surface area contributed by atoms with Crippen LogP contribution in [0.2, 0.25) is 0 Å². The summed E-state index contributed by atoms with van der Waals surface area (Å²) < 4.78 is 1.67. The molecular weight excluding hydrogens is 402 g/mol. The molecule has 1 saturated heterocycles. The van der Waals surface area contributed by atoms with Gasteiger partial charge in [0.15, 0.2) is 5.82 Å². The SMILES string of the molecule is CCC(C(=O)N1CCC(NC(=O)c2cnn(-c3ccccn3)c2C)CC1)c1ccccc1. The Morgan fingerprint density at radius 3 is 2.47 bits per heavy atom. The van der Waals surface area contributed by atoms with E-state index in [4.69, 9.17) is 0 Å². The lowest BCUT2D eigenvalue weighted by Crippen LogP contribution is -2.47. The van der Waals surface area contributed by atoms with Gasteiger partial charge in [0.05, 0.1) is 23.4 Å². The minimum atomic E-state index is -0.134. The molecular formula is C25H29N5O2. The van der Waals surface area contributed by atoms with Crippen LogP contribution in [0.5, 0.6) is 0 Å². The van der Waals surface area contributed by atoms with Gasteiger partial charge >= 0.3 is 0 Å². The highest BCUT2D eigenvalue weighted by Crippen LogP contribution is 2.24. The minimum absolute atomic E-state index is 0.0425. The lowest BCUT2D eigenvalue weighted by molar-refractivity contribution is -0.134. The lowest BCUT2D eigenvalue weighted by Gasteiger charge is -2.34. The quantitative estimate of drug-likeness (QED) is 0.648. The Hall–Kier alpha value is -3.48. The maximum Gasteiger partial charge on any atom is 0.254 e. The fourth-order valence-electron chi connectivity index (χ4n) is 4.31. The zero-order valence-corrected chi connectivity index (χ0v) is 18.6. The zero-order chi connectivity index (χ0) is 22.5. The molecule has 1 aromatic carbocycles. The molecule has 1 aliphatic heterocycles. The number of hydrogen-bond acceptors (Lipinski definition) is 4. The highest BCUT2D eigenvalue weighted by Gasteiger charge is 2.29. The molecule has 1 atom stereocenters. The van der Waals surface area contributed by atoms with E-state index in [2.05, 4.69) is 22.3 Å². The summed E-state index contributed by atoms with van der Waals surface area (Å²) in [4.78, 5) is 32.2. The van der Waals surface area contributed by atoms with Crippen LogP contribution in [-0.2, 0) is 4.79 Å². The number of nitrogens with zero attached hydrogens (tertiary/aromatic N) is 4. The van der Waals surface area contributed by atoms with Crippen molar-refractivity contribution in [2.24, 2.45) is 0 Å². The first kappa shape index (κ1) is 21.7. The molecule has 2 aromatic heterocycles. The first-order chi connectivity index (χ1) is 15.6. The van der Waals surface area contributed by atoms with Crippen LogP contribution in [0.25, 0.3) is 5.82 Å². The number of piperidine rings is 1. The molecule has 3 heterocycles. The van der Waals surface area contributed by atoms with E-state index in [9.17, 15) is 9.59 Å². The van der Waals surface area contributed by atoms with Crippen molar-refractivity contribution in [1.82, 2.24) is 25.0 Å². The number of aromatic nitrogens is 3. The van der Waals surface area contributed by atoms with Crippen LogP contribution in [0.4, 0.5) is 0 Å². The Balaban J connectivity index is 1.35. The molecule has 1 fully saturated rings. The standard InChI is InChI=1S/C25H29N5O2/c1-3-21(19-9-5-4-6-10-19)25(32)29-15-12-20(13-16-29)28-24(31)22-17-27-30(18(22)2)23-11-7-8-14-26-23/h4-11,14,17,20-21H,3,12-13,15-16H2,1-2H3,(H,28,31). The molecule has 166 valence electrons. The normalized spacial score (nSPS) is 15.4. The molecule has 32 heavy (non-hydrogen) atoms. The van der Waals surface area contributed by atoms with Crippen molar-refractivity contribution in [2.75, 3.05) is 13.1 Å². The average molecular weight is 432 g/mol. The van der Waals surface area contributed by atoms with Crippen LogP contribution in [0, 0.1) is 6.92 Å². The summed E-state index contributed by atoms with van der Waals surface area (Å²) in [6, 6.07) is 15.6. The first-order valence-corrected chi connectivity index (χ1v) is 11.2. The van der Waals surface area contributed by atoms with Crippen LogP contribution < -0.4 is 5.32 Å². The molecule has 7 heteroatoms. The van der Waals surface area contributed by atoms with Crippen LogP contribution >= 0.6 is 0 Å². The van der Waals surface area contributed by atoms with E-state index in [0.29, 0.717) is 24.5 Å². The highest BCUT2D eigenvalue weighted by atomic mass is 16.2. The summed E-state index contributed by atoms with van der Waals surface area (Å²) in [5, 5.41) is 7.46. The number of rotatable bonds is 6. The van der Waals surface area contributed by atoms with Crippen LogP contribution in [-0.4, -0.2) is 50.6 Å². The average Bonchev–Trinajstić information content (AvgIpc) is 3.22. The number of carbonyl (C=O) groups excluding carboxylic acids is 2. The number of nitrogens with one attached hydrogen (secondary N) is 1. The molecule has 1 N–H and O–H groups in total. The van der Waals surface area contributed by atoms with Gasteiger partial charge in [0, 0.05) is 25.3 Å². The Morgan fingerprint density at radius 1 is 1.09 bits per heavy atom. The summed E-state index contributed by atoms with van der Waals surface area (Å²) in [5.41, 5.74) is 2.36. The monoisotopic (exact) mass is 431 g/mol. The topological polar surface area (TPSA) is 80.1 Å². The molecule has 0 saturated carbocycles. The molecule has 7 nitrogen and oxygen atoms in total. The number of amides is 2. The minimum Gasteiger partial charge on any atom is -0.349 e. The maximum atomic E-state index is 13.1. The van der Waals surface area contributed by atoms with E-state index in [1.807, 2.05) is 60.4 Å². The second-order valence-corrected chi connectivity index (χ2v) is 8.19. The molecule has 2 amide bonds. The predicted octanol–water partition coefficient (Wildman–Crippen LogP) is 3.49. The van der Waals surface area contributed by atoms with E-state index in [1.54, 1.807) is 17.1 Å². The van der Waals surface area contributed by atoms with Crippen LogP contribution in [0.15, 0.2) is 60.9 Å². The van der Waals surface area contributed by atoms with Crippen LogP contribution in [0.1, 0.15) is 53.7 Å². The third kappa shape index (κ3) is 4.56. The molecule has 0 aliphatic carbocycles. The predicted molar refractivity (Wildman–Crippen MR) is 123 cm³/mol. The highest BCUT2D eigenvalue weighted by molar-refractivity contribution is 5.95. The Morgan fingerprint density at radius 2 is 1.81 bits per heavy atom. The fourth-order valence-corrected chi connectivity index (χ4v) is 4.31. The number of benzene rings is 1. The summed E-state index contributed by atoms with van der Waals surface area (Å²) >= 11 is 0. The van der Waals surface area contributed by atoms with Crippen molar-refractivity contribution in [3.8, 4) is 5.82 Å². The van der Waals surface area contributed by atoms with Crippen molar-refractivity contribution < 1.29 is 9.59 Å². The van der Waals surface area contributed by atoms with Gasteiger partial charge in [-0.3, -0.25) is 9.59 Å². The van der Waals surface area contributed by atoms with Gasteiger partial charge in [0.25, 0.3) is 5.91 Å². The van der Waals surface area contributed by atoms with Crippen molar-refractivity contribution in [3.63, 3.8) is 0 Å². The summed E-state index contributed by atoms with van der Waals surface area (Å²) in [5.74, 6) is 0.614. The second-order valence-electron chi connectivity index (χ2n) is 8.19. The maximum absolute atomic E-state index is 13.1. The van der Waals surface area contributed by atoms with E-state index in [1.165, 1.54) is 0 Å².